The van der Waals surface area contributed by atoms with Crippen LogP contribution in [0.2, 0.25) is 0 Å². The van der Waals surface area contributed by atoms with Gasteiger partial charge in [-0.1, -0.05) is 13.3 Å². The fourth-order valence-corrected chi connectivity index (χ4v) is 3.90. The Kier molecular flexibility index (Phi) is 4.21. The minimum atomic E-state index is 0.343. The minimum Gasteiger partial charge on any atom is -0.330 e. The third-order valence-corrected chi connectivity index (χ3v) is 5.34. The predicted octanol–water partition coefficient (Wildman–Crippen LogP) is 3.54. The van der Waals surface area contributed by atoms with Crippen molar-refractivity contribution in [1.29, 1.82) is 0 Å². The molecule has 0 atom stereocenters. The zero-order chi connectivity index (χ0) is 12.3. The molecule has 2 N–H and O–H groups in total. The van der Waals surface area contributed by atoms with Crippen molar-refractivity contribution in [3.63, 3.8) is 0 Å². The van der Waals surface area contributed by atoms with Gasteiger partial charge < -0.3 is 5.73 Å². The molecule has 1 saturated carbocycles. The average molecular weight is 252 g/mol. The SMILES string of the molecule is CCC1CCC(CN)(Cc2nc(C)cs2)CC1. The van der Waals surface area contributed by atoms with Gasteiger partial charge in [-0.05, 0) is 50.5 Å². The standard InChI is InChI=1S/C14H24N2S/c1-3-12-4-6-14(10-15,7-5-12)8-13-16-11(2)9-17-13/h9,12H,3-8,10,15H2,1-2H3. The first kappa shape index (κ1) is 13.0. The van der Waals surface area contributed by atoms with Crippen LogP contribution in [0.25, 0.3) is 0 Å². The Hall–Kier alpha value is -0.410. The number of hydrogen-bond acceptors (Lipinski definition) is 3. The Balaban J connectivity index is 2.01. The molecule has 0 spiro atoms. The number of hydrogen-bond donors (Lipinski definition) is 1. The van der Waals surface area contributed by atoms with Crippen molar-refractivity contribution in [2.45, 2.75) is 52.4 Å². The first-order valence-electron chi connectivity index (χ1n) is 6.78. The summed E-state index contributed by atoms with van der Waals surface area (Å²) in [7, 11) is 0. The quantitative estimate of drug-likeness (QED) is 0.890. The van der Waals surface area contributed by atoms with Crippen LogP contribution in [0.15, 0.2) is 5.38 Å². The van der Waals surface area contributed by atoms with Crippen LogP contribution in [-0.4, -0.2) is 11.5 Å². The molecule has 0 aromatic carbocycles. The highest BCUT2D eigenvalue weighted by molar-refractivity contribution is 7.09. The van der Waals surface area contributed by atoms with Crippen LogP contribution in [0.1, 0.15) is 49.7 Å². The molecule has 0 bridgehead atoms. The maximum Gasteiger partial charge on any atom is 0.0934 e. The van der Waals surface area contributed by atoms with E-state index in [9.17, 15) is 0 Å². The third-order valence-electron chi connectivity index (χ3n) is 4.37. The summed E-state index contributed by atoms with van der Waals surface area (Å²) >= 11 is 1.80. The van der Waals surface area contributed by atoms with Crippen LogP contribution in [0, 0.1) is 18.3 Å². The van der Waals surface area contributed by atoms with E-state index in [1.54, 1.807) is 11.3 Å². The zero-order valence-electron chi connectivity index (χ0n) is 11.0. The number of nitrogens with two attached hydrogens (primary N) is 1. The molecule has 1 aliphatic rings. The topological polar surface area (TPSA) is 38.9 Å². The normalized spacial score (nSPS) is 29.5. The number of aryl methyl sites for hydroxylation is 1. The highest BCUT2D eigenvalue weighted by atomic mass is 32.1. The van der Waals surface area contributed by atoms with Crippen molar-refractivity contribution >= 4 is 11.3 Å². The summed E-state index contributed by atoms with van der Waals surface area (Å²) < 4.78 is 0. The van der Waals surface area contributed by atoms with Gasteiger partial charge in [-0.15, -0.1) is 11.3 Å². The number of aromatic nitrogens is 1. The predicted molar refractivity (Wildman–Crippen MR) is 74.3 cm³/mol. The van der Waals surface area contributed by atoms with E-state index in [1.165, 1.54) is 37.1 Å². The van der Waals surface area contributed by atoms with Gasteiger partial charge in [-0.3, -0.25) is 0 Å². The minimum absolute atomic E-state index is 0.343. The highest BCUT2D eigenvalue weighted by Gasteiger charge is 2.34. The van der Waals surface area contributed by atoms with E-state index in [4.69, 9.17) is 5.73 Å². The van der Waals surface area contributed by atoms with Crippen LogP contribution in [0.3, 0.4) is 0 Å². The summed E-state index contributed by atoms with van der Waals surface area (Å²) in [6.45, 7) is 5.20. The Morgan fingerprint density at radius 1 is 1.47 bits per heavy atom. The van der Waals surface area contributed by atoms with Crippen LogP contribution < -0.4 is 5.73 Å². The summed E-state index contributed by atoms with van der Waals surface area (Å²) in [6.07, 6.45) is 7.73. The molecular weight excluding hydrogens is 228 g/mol. The molecule has 1 heterocycles. The van der Waals surface area contributed by atoms with E-state index in [0.717, 1.165) is 24.6 Å². The summed E-state index contributed by atoms with van der Waals surface area (Å²) in [5.74, 6) is 0.938. The van der Waals surface area contributed by atoms with Crippen LogP contribution in [-0.2, 0) is 6.42 Å². The average Bonchev–Trinajstić information content (AvgIpc) is 2.75. The Labute approximate surface area is 109 Å². The smallest absolute Gasteiger partial charge is 0.0934 e. The second-order valence-electron chi connectivity index (χ2n) is 5.62. The summed E-state index contributed by atoms with van der Waals surface area (Å²) in [5, 5.41) is 3.43. The summed E-state index contributed by atoms with van der Waals surface area (Å²) in [4.78, 5) is 4.60. The fourth-order valence-electron chi connectivity index (χ4n) is 2.96. The van der Waals surface area contributed by atoms with Gasteiger partial charge in [0.05, 0.1) is 5.01 Å². The van der Waals surface area contributed by atoms with Gasteiger partial charge in [0, 0.05) is 17.5 Å². The van der Waals surface area contributed by atoms with Crippen molar-refractivity contribution < 1.29 is 0 Å². The lowest BCUT2D eigenvalue weighted by atomic mass is 9.68. The van der Waals surface area contributed by atoms with E-state index in [2.05, 4.69) is 24.2 Å². The molecule has 17 heavy (non-hydrogen) atoms. The molecule has 0 radical (unpaired) electrons. The van der Waals surface area contributed by atoms with Crippen LogP contribution in [0.5, 0.6) is 0 Å². The molecule has 1 aliphatic carbocycles. The van der Waals surface area contributed by atoms with E-state index in [-0.39, 0.29) is 0 Å². The highest BCUT2D eigenvalue weighted by Crippen LogP contribution is 2.42. The molecule has 1 aromatic rings. The number of nitrogens with zero attached hydrogens (tertiary/aromatic N) is 1. The van der Waals surface area contributed by atoms with Crippen molar-refractivity contribution in [1.82, 2.24) is 4.98 Å². The van der Waals surface area contributed by atoms with Crippen molar-refractivity contribution in [3.8, 4) is 0 Å². The third kappa shape index (κ3) is 3.08. The van der Waals surface area contributed by atoms with Gasteiger partial charge in [-0.2, -0.15) is 0 Å². The van der Waals surface area contributed by atoms with E-state index < -0.39 is 0 Å². The lowest BCUT2D eigenvalue weighted by molar-refractivity contribution is 0.153. The van der Waals surface area contributed by atoms with Crippen LogP contribution in [0.4, 0.5) is 0 Å². The first-order chi connectivity index (χ1) is 8.17. The first-order valence-corrected chi connectivity index (χ1v) is 7.66. The molecule has 0 aliphatic heterocycles. The molecule has 1 fully saturated rings. The van der Waals surface area contributed by atoms with Crippen LogP contribution >= 0.6 is 11.3 Å². The Morgan fingerprint density at radius 3 is 2.65 bits per heavy atom. The Morgan fingerprint density at radius 2 is 2.18 bits per heavy atom. The lowest BCUT2D eigenvalue weighted by Gasteiger charge is -2.39. The fraction of sp³-hybridized carbons (Fsp3) is 0.786. The molecule has 96 valence electrons. The molecule has 0 unspecified atom stereocenters. The van der Waals surface area contributed by atoms with Gasteiger partial charge in [0.2, 0.25) is 0 Å². The molecule has 2 nitrogen and oxygen atoms in total. The molecule has 3 heteroatoms. The van der Waals surface area contributed by atoms with E-state index in [0.29, 0.717) is 5.41 Å². The van der Waals surface area contributed by atoms with E-state index in [1.807, 2.05) is 0 Å². The summed E-state index contributed by atoms with van der Waals surface area (Å²) in [6, 6.07) is 0. The largest absolute Gasteiger partial charge is 0.330 e. The monoisotopic (exact) mass is 252 g/mol. The second kappa shape index (κ2) is 5.49. The van der Waals surface area contributed by atoms with E-state index >= 15 is 0 Å². The second-order valence-corrected chi connectivity index (χ2v) is 6.56. The maximum absolute atomic E-state index is 6.06. The molecule has 0 amide bonds. The van der Waals surface area contributed by atoms with Crippen molar-refractivity contribution in [2.75, 3.05) is 6.54 Å². The Bertz CT molecular complexity index is 351. The number of rotatable bonds is 4. The zero-order valence-corrected chi connectivity index (χ0v) is 11.9. The summed E-state index contributed by atoms with van der Waals surface area (Å²) in [5.41, 5.74) is 7.55. The number of thiazole rings is 1. The molecule has 0 saturated heterocycles. The van der Waals surface area contributed by atoms with Gasteiger partial charge in [0.15, 0.2) is 0 Å². The van der Waals surface area contributed by atoms with Gasteiger partial charge >= 0.3 is 0 Å². The van der Waals surface area contributed by atoms with Crippen molar-refractivity contribution in [3.05, 3.63) is 16.1 Å². The lowest BCUT2D eigenvalue weighted by Crippen LogP contribution is -2.36. The van der Waals surface area contributed by atoms with Gasteiger partial charge in [-0.25, -0.2) is 4.98 Å². The maximum atomic E-state index is 6.06. The molecule has 1 aromatic heterocycles. The molecule has 2 rings (SSSR count). The molecular formula is C14H24N2S. The van der Waals surface area contributed by atoms with Gasteiger partial charge in [0.1, 0.15) is 0 Å². The van der Waals surface area contributed by atoms with Gasteiger partial charge in [0.25, 0.3) is 0 Å². The van der Waals surface area contributed by atoms with Crippen molar-refractivity contribution in [2.24, 2.45) is 17.1 Å².